The molecule has 1 aromatic carbocycles. The van der Waals surface area contributed by atoms with Gasteiger partial charge in [-0.05, 0) is 19.9 Å². The van der Waals surface area contributed by atoms with E-state index in [9.17, 15) is 8.42 Å². The van der Waals surface area contributed by atoms with Crippen LogP contribution in [-0.4, -0.2) is 85.2 Å². The Labute approximate surface area is 167 Å². The van der Waals surface area contributed by atoms with E-state index in [0.717, 1.165) is 38.3 Å². The van der Waals surface area contributed by atoms with Gasteiger partial charge in [-0.15, -0.1) is 0 Å². The molecule has 1 aliphatic rings. The first-order chi connectivity index (χ1) is 13.3. The molecule has 3 rings (SSSR count). The van der Waals surface area contributed by atoms with Crippen molar-refractivity contribution in [1.29, 1.82) is 0 Å². The molecular formula is C19H29N5O3S. The zero-order chi connectivity index (χ0) is 20.1. The van der Waals surface area contributed by atoms with Crippen molar-refractivity contribution in [3.05, 3.63) is 35.7 Å². The first-order valence-corrected chi connectivity index (χ1v) is 11.2. The van der Waals surface area contributed by atoms with E-state index in [1.54, 1.807) is 14.1 Å². The number of nitrogens with zero attached hydrogens (tertiary/aromatic N) is 5. The molecule has 0 N–H and O–H groups in total. The summed E-state index contributed by atoms with van der Waals surface area (Å²) in [4.78, 5) is 9.12. The van der Waals surface area contributed by atoms with Crippen LogP contribution in [-0.2, 0) is 16.6 Å². The maximum atomic E-state index is 11.8. The Bertz CT molecular complexity index is 856. The van der Waals surface area contributed by atoms with Crippen LogP contribution in [0.4, 0.5) is 0 Å². The second kappa shape index (κ2) is 9.13. The Balaban J connectivity index is 1.43. The van der Waals surface area contributed by atoms with Gasteiger partial charge in [0, 0.05) is 45.8 Å². The summed E-state index contributed by atoms with van der Waals surface area (Å²) in [7, 11) is 0.0536. The zero-order valence-electron chi connectivity index (χ0n) is 16.8. The van der Waals surface area contributed by atoms with Crippen LogP contribution in [0.1, 0.15) is 17.9 Å². The summed E-state index contributed by atoms with van der Waals surface area (Å²) in [5.74, 6) is 1.45. The average Bonchev–Trinajstić information content (AvgIpc) is 3.12. The van der Waals surface area contributed by atoms with Gasteiger partial charge in [-0.2, -0.15) is 4.98 Å². The molecule has 8 nitrogen and oxygen atoms in total. The molecule has 1 aliphatic heterocycles. The van der Waals surface area contributed by atoms with Crippen LogP contribution in [0.3, 0.4) is 0 Å². The number of aryl methyl sites for hydroxylation is 1. The number of rotatable bonds is 8. The van der Waals surface area contributed by atoms with E-state index in [2.05, 4.69) is 19.9 Å². The molecule has 0 bridgehead atoms. The molecule has 2 heterocycles. The average molecular weight is 408 g/mol. The Morgan fingerprint density at radius 1 is 1.07 bits per heavy atom. The molecule has 0 radical (unpaired) electrons. The fourth-order valence-corrected chi connectivity index (χ4v) is 4.01. The predicted octanol–water partition coefficient (Wildman–Crippen LogP) is 1.44. The van der Waals surface area contributed by atoms with Gasteiger partial charge in [0.15, 0.2) is 0 Å². The molecule has 9 heteroatoms. The van der Waals surface area contributed by atoms with Crippen molar-refractivity contribution in [3.8, 4) is 11.4 Å². The highest BCUT2D eigenvalue weighted by atomic mass is 32.2. The van der Waals surface area contributed by atoms with Crippen molar-refractivity contribution in [2.75, 3.05) is 52.6 Å². The summed E-state index contributed by atoms with van der Waals surface area (Å²) in [5, 5.41) is 4.09. The fraction of sp³-hybridized carbons (Fsp3) is 0.579. The molecule has 0 saturated carbocycles. The SMILES string of the molecule is Cc1ccc(-c2noc(CN3CCN(CCCS(=O)(=O)N(C)C)CC3)n2)cc1. The lowest BCUT2D eigenvalue weighted by Crippen LogP contribution is -2.46. The Morgan fingerprint density at radius 2 is 1.71 bits per heavy atom. The van der Waals surface area contributed by atoms with Crippen LogP contribution < -0.4 is 0 Å². The second-order valence-corrected chi connectivity index (χ2v) is 9.75. The topological polar surface area (TPSA) is 82.8 Å². The minimum Gasteiger partial charge on any atom is -0.338 e. The lowest BCUT2D eigenvalue weighted by molar-refractivity contribution is 0.117. The predicted molar refractivity (Wildman–Crippen MR) is 108 cm³/mol. The number of benzene rings is 1. The monoisotopic (exact) mass is 407 g/mol. The standard InChI is InChI=1S/C19H29N5O3S/c1-16-5-7-17(8-6-16)19-20-18(27-21-19)15-24-12-10-23(11-13-24)9-4-14-28(25,26)22(2)3/h5-8H,4,9-15H2,1-3H3. The second-order valence-electron chi connectivity index (χ2n) is 7.45. The van der Waals surface area contributed by atoms with E-state index in [0.29, 0.717) is 24.7 Å². The summed E-state index contributed by atoms with van der Waals surface area (Å²) in [6.45, 7) is 7.14. The Kier molecular flexibility index (Phi) is 6.82. The molecule has 2 aromatic rings. The smallest absolute Gasteiger partial charge is 0.241 e. The number of sulfonamides is 1. The van der Waals surface area contributed by atoms with Crippen LogP contribution in [0, 0.1) is 6.92 Å². The van der Waals surface area contributed by atoms with Crippen molar-refractivity contribution in [2.45, 2.75) is 19.9 Å². The lowest BCUT2D eigenvalue weighted by Gasteiger charge is -2.33. The number of piperazine rings is 1. The first-order valence-electron chi connectivity index (χ1n) is 9.58. The molecule has 1 fully saturated rings. The fourth-order valence-electron chi connectivity index (χ4n) is 3.15. The van der Waals surface area contributed by atoms with E-state index in [4.69, 9.17) is 4.52 Å². The minimum atomic E-state index is -3.10. The van der Waals surface area contributed by atoms with E-state index in [-0.39, 0.29) is 5.75 Å². The van der Waals surface area contributed by atoms with Crippen LogP contribution in [0.5, 0.6) is 0 Å². The summed E-state index contributed by atoms with van der Waals surface area (Å²) < 4.78 is 30.4. The van der Waals surface area contributed by atoms with Crippen molar-refractivity contribution in [1.82, 2.24) is 24.2 Å². The van der Waals surface area contributed by atoms with E-state index < -0.39 is 10.0 Å². The molecule has 28 heavy (non-hydrogen) atoms. The molecule has 0 amide bonds. The lowest BCUT2D eigenvalue weighted by atomic mass is 10.1. The molecule has 0 spiro atoms. The highest BCUT2D eigenvalue weighted by Gasteiger charge is 2.20. The van der Waals surface area contributed by atoms with Gasteiger partial charge in [0.1, 0.15) is 0 Å². The van der Waals surface area contributed by atoms with Crippen LogP contribution in [0.15, 0.2) is 28.8 Å². The zero-order valence-corrected chi connectivity index (χ0v) is 17.7. The maximum absolute atomic E-state index is 11.8. The summed E-state index contributed by atoms with van der Waals surface area (Å²) >= 11 is 0. The van der Waals surface area contributed by atoms with Crippen molar-refractivity contribution < 1.29 is 12.9 Å². The van der Waals surface area contributed by atoms with Gasteiger partial charge in [-0.1, -0.05) is 35.0 Å². The van der Waals surface area contributed by atoms with Crippen molar-refractivity contribution in [2.24, 2.45) is 0 Å². The summed E-state index contributed by atoms with van der Waals surface area (Å²) in [6.07, 6.45) is 0.657. The summed E-state index contributed by atoms with van der Waals surface area (Å²) in [6, 6.07) is 8.07. The van der Waals surface area contributed by atoms with Crippen molar-refractivity contribution in [3.63, 3.8) is 0 Å². The van der Waals surface area contributed by atoms with E-state index in [1.165, 1.54) is 9.87 Å². The Hall–Kier alpha value is -1.81. The van der Waals surface area contributed by atoms with Crippen LogP contribution in [0.25, 0.3) is 11.4 Å². The first kappa shape index (κ1) is 20.9. The van der Waals surface area contributed by atoms with Gasteiger partial charge in [0.05, 0.1) is 12.3 Å². The number of hydrogen-bond donors (Lipinski definition) is 0. The van der Waals surface area contributed by atoms with Gasteiger partial charge < -0.3 is 9.42 Å². The maximum Gasteiger partial charge on any atom is 0.241 e. The van der Waals surface area contributed by atoms with Gasteiger partial charge in [0.25, 0.3) is 0 Å². The van der Waals surface area contributed by atoms with Crippen LogP contribution in [0.2, 0.25) is 0 Å². The largest absolute Gasteiger partial charge is 0.338 e. The third-order valence-electron chi connectivity index (χ3n) is 5.03. The third-order valence-corrected chi connectivity index (χ3v) is 6.95. The molecular weight excluding hydrogens is 378 g/mol. The number of aromatic nitrogens is 2. The van der Waals surface area contributed by atoms with Crippen LogP contribution >= 0.6 is 0 Å². The Morgan fingerprint density at radius 3 is 2.36 bits per heavy atom. The normalized spacial score (nSPS) is 16.7. The molecule has 0 atom stereocenters. The molecule has 1 aromatic heterocycles. The van der Waals surface area contributed by atoms with Crippen molar-refractivity contribution >= 4 is 10.0 Å². The summed E-state index contributed by atoms with van der Waals surface area (Å²) in [5.41, 5.74) is 2.16. The highest BCUT2D eigenvalue weighted by molar-refractivity contribution is 7.89. The highest BCUT2D eigenvalue weighted by Crippen LogP contribution is 2.17. The number of hydrogen-bond acceptors (Lipinski definition) is 7. The van der Waals surface area contributed by atoms with E-state index >= 15 is 0 Å². The quantitative estimate of drug-likeness (QED) is 0.655. The molecule has 1 saturated heterocycles. The van der Waals surface area contributed by atoms with Gasteiger partial charge >= 0.3 is 0 Å². The molecule has 0 unspecified atom stereocenters. The van der Waals surface area contributed by atoms with E-state index in [1.807, 2.05) is 31.2 Å². The molecule has 0 aliphatic carbocycles. The minimum absolute atomic E-state index is 0.198. The van der Waals surface area contributed by atoms with Gasteiger partial charge in [0.2, 0.25) is 21.7 Å². The van der Waals surface area contributed by atoms with Gasteiger partial charge in [-0.25, -0.2) is 12.7 Å². The molecule has 154 valence electrons. The van der Waals surface area contributed by atoms with Gasteiger partial charge in [-0.3, -0.25) is 4.90 Å². The third kappa shape index (κ3) is 5.60.